The van der Waals surface area contributed by atoms with Crippen LogP contribution in [0.15, 0.2) is 65.7 Å². The Morgan fingerprint density at radius 2 is 1.81 bits per heavy atom. The second-order valence-electron chi connectivity index (χ2n) is 5.47. The summed E-state index contributed by atoms with van der Waals surface area (Å²) in [4.78, 5) is 4.46. The standard InChI is InChI=1S/C20H18N2O4S/c1-25-17-9-11-18(12-10-17)27(23,24)22-14-2-3-15-26-19-8-4-6-16-7-5-13-21-20(16)19/h4-13,22H,14-15H2,1H3. The molecule has 0 aliphatic heterocycles. The van der Waals surface area contributed by atoms with E-state index in [2.05, 4.69) is 21.5 Å². The monoisotopic (exact) mass is 382 g/mol. The van der Waals surface area contributed by atoms with Crippen molar-refractivity contribution in [3.63, 3.8) is 0 Å². The highest BCUT2D eigenvalue weighted by atomic mass is 32.2. The molecular weight excluding hydrogens is 364 g/mol. The molecule has 0 amide bonds. The Bertz CT molecular complexity index is 1080. The molecule has 7 heteroatoms. The molecule has 0 bridgehead atoms. The van der Waals surface area contributed by atoms with Crippen molar-refractivity contribution in [3.05, 3.63) is 60.8 Å². The fourth-order valence-corrected chi connectivity index (χ4v) is 3.31. The molecule has 0 atom stereocenters. The van der Waals surface area contributed by atoms with Crippen LogP contribution in [0, 0.1) is 11.8 Å². The molecule has 6 nitrogen and oxygen atoms in total. The lowest BCUT2D eigenvalue weighted by atomic mass is 10.2. The summed E-state index contributed by atoms with van der Waals surface area (Å²) in [5, 5.41) is 0.982. The summed E-state index contributed by atoms with van der Waals surface area (Å²) in [6.07, 6.45) is 1.70. The van der Waals surface area contributed by atoms with Gasteiger partial charge in [-0.15, -0.1) is 0 Å². The van der Waals surface area contributed by atoms with Gasteiger partial charge in [0, 0.05) is 11.6 Å². The van der Waals surface area contributed by atoms with Gasteiger partial charge >= 0.3 is 0 Å². The largest absolute Gasteiger partial charge is 0.497 e. The summed E-state index contributed by atoms with van der Waals surface area (Å²) in [7, 11) is -2.09. The van der Waals surface area contributed by atoms with Crippen molar-refractivity contribution >= 4 is 20.9 Å². The lowest BCUT2D eigenvalue weighted by molar-refractivity contribution is 0.374. The molecule has 0 fully saturated rings. The molecule has 138 valence electrons. The number of aromatic nitrogens is 1. The van der Waals surface area contributed by atoms with Crippen molar-refractivity contribution < 1.29 is 17.9 Å². The molecule has 0 spiro atoms. The zero-order chi connectivity index (χ0) is 19.1. The molecule has 0 aliphatic rings. The highest BCUT2D eigenvalue weighted by Gasteiger charge is 2.12. The van der Waals surface area contributed by atoms with E-state index < -0.39 is 10.0 Å². The van der Waals surface area contributed by atoms with Gasteiger partial charge in [0.1, 0.15) is 23.6 Å². The van der Waals surface area contributed by atoms with Gasteiger partial charge in [-0.3, -0.25) is 4.98 Å². The van der Waals surface area contributed by atoms with Gasteiger partial charge in [0.2, 0.25) is 10.0 Å². The van der Waals surface area contributed by atoms with Crippen molar-refractivity contribution in [2.75, 3.05) is 20.3 Å². The lowest BCUT2D eigenvalue weighted by Crippen LogP contribution is -2.24. The van der Waals surface area contributed by atoms with Gasteiger partial charge in [-0.2, -0.15) is 4.72 Å². The average molecular weight is 382 g/mol. The first-order valence-electron chi connectivity index (χ1n) is 8.16. The van der Waals surface area contributed by atoms with E-state index in [1.54, 1.807) is 18.3 Å². The van der Waals surface area contributed by atoms with Crippen molar-refractivity contribution in [2.24, 2.45) is 0 Å². The van der Waals surface area contributed by atoms with Gasteiger partial charge in [-0.25, -0.2) is 8.42 Å². The van der Waals surface area contributed by atoms with E-state index in [4.69, 9.17) is 9.47 Å². The first-order chi connectivity index (χ1) is 13.1. The number of fused-ring (bicyclic) bond motifs is 1. The maximum atomic E-state index is 12.2. The summed E-state index contributed by atoms with van der Waals surface area (Å²) in [6, 6.07) is 15.6. The third-order valence-electron chi connectivity index (χ3n) is 3.74. The predicted octanol–water partition coefficient (Wildman–Crippen LogP) is 2.60. The fourth-order valence-electron chi connectivity index (χ4n) is 2.39. The lowest BCUT2D eigenvalue weighted by Gasteiger charge is -2.05. The molecule has 3 aromatic rings. The van der Waals surface area contributed by atoms with Gasteiger partial charge < -0.3 is 9.47 Å². The molecular formula is C20H18N2O4S. The minimum Gasteiger partial charge on any atom is -0.497 e. The number of para-hydroxylation sites is 1. The number of rotatable bonds is 6. The molecule has 0 aliphatic carbocycles. The second kappa shape index (κ2) is 8.54. The van der Waals surface area contributed by atoms with Crippen LogP contribution in [0.3, 0.4) is 0 Å². The van der Waals surface area contributed by atoms with Crippen LogP contribution in [0.25, 0.3) is 10.9 Å². The van der Waals surface area contributed by atoms with E-state index in [1.165, 1.54) is 19.2 Å². The van der Waals surface area contributed by atoms with Gasteiger partial charge in [0.25, 0.3) is 0 Å². The van der Waals surface area contributed by atoms with Crippen LogP contribution >= 0.6 is 0 Å². The van der Waals surface area contributed by atoms with Crippen LogP contribution in [0.4, 0.5) is 0 Å². The normalized spacial score (nSPS) is 10.9. The number of hydrogen-bond donors (Lipinski definition) is 1. The maximum absolute atomic E-state index is 12.2. The summed E-state index contributed by atoms with van der Waals surface area (Å²) in [6.45, 7) is 0.130. The van der Waals surface area contributed by atoms with Crippen LogP contribution in [-0.4, -0.2) is 33.7 Å². The van der Waals surface area contributed by atoms with E-state index >= 15 is 0 Å². The Hall–Kier alpha value is -3.08. The number of nitrogens with one attached hydrogen (secondary N) is 1. The molecule has 27 heavy (non-hydrogen) atoms. The van der Waals surface area contributed by atoms with Crippen LogP contribution in [0.2, 0.25) is 0 Å². The van der Waals surface area contributed by atoms with Crippen LogP contribution in [-0.2, 0) is 10.0 Å². The Morgan fingerprint density at radius 3 is 2.59 bits per heavy atom. The number of methoxy groups -OCH3 is 1. The number of pyridine rings is 1. The molecule has 0 radical (unpaired) electrons. The summed E-state index contributed by atoms with van der Waals surface area (Å²) in [5.41, 5.74) is 0.766. The van der Waals surface area contributed by atoms with Gasteiger partial charge in [0.05, 0.1) is 18.6 Å². The molecule has 1 N–H and O–H groups in total. The topological polar surface area (TPSA) is 77.5 Å². The zero-order valence-electron chi connectivity index (χ0n) is 14.7. The van der Waals surface area contributed by atoms with E-state index in [1.807, 2.05) is 30.3 Å². The first-order valence-corrected chi connectivity index (χ1v) is 9.64. The average Bonchev–Trinajstić information content (AvgIpc) is 2.70. The Kier molecular flexibility index (Phi) is 5.91. The zero-order valence-corrected chi connectivity index (χ0v) is 15.5. The number of benzene rings is 2. The van der Waals surface area contributed by atoms with E-state index in [0.717, 1.165) is 10.9 Å². The van der Waals surface area contributed by atoms with Crippen LogP contribution < -0.4 is 14.2 Å². The molecule has 0 saturated carbocycles. The highest BCUT2D eigenvalue weighted by molar-refractivity contribution is 7.89. The summed E-state index contributed by atoms with van der Waals surface area (Å²) >= 11 is 0. The molecule has 0 unspecified atom stereocenters. The number of ether oxygens (including phenoxy) is 2. The Labute approximate surface area is 158 Å². The van der Waals surface area contributed by atoms with E-state index in [-0.39, 0.29) is 18.0 Å². The molecule has 1 heterocycles. The van der Waals surface area contributed by atoms with Crippen molar-refractivity contribution in [2.45, 2.75) is 4.90 Å². The second-order valence-corrected chi connectivity index (χ2v) is 7.24. The van der Waals surface area contributed by atoms with Gasteiger partial charge in [0.15, 0.2) is 0 Å². The third kappa shape index (κ3) is 4.76. The molecule has 3 rings (SSSR count). The summed E-state index contributed by atoms with van der Waals surface area (Å²) < 4.78 is 37.4. The third-order valence-corrected chi connectivity index (χ3v) is 5.16. The quantitative estimate of drug-likeness (QED) is 0.663. The van der Waals surface area contributed by atoms with Crippen LogP contribution in [0.5, 0.6) is 11.5 Å². The van der Waals surface area contributed by atoms with Gasteiger partial charge in [-0.05, 0) is 36.4 Å². The minimum absolute atomic E-state index is 0.00842. The highest BCUT2D eigenvalue weighted by Crippen LogP contribution is 2.22. The molecule has 1 aromatic heterocycles. The SMILES string of the molecule is COc1ccc(S(=O)(=O)NCC#CCOc2cccc3cccnc23)cc1. The smallest absolute Gasteiger partial charge is 0.241 e. The number of hydrogen-bond acceptors (Lipinski definition) is 5. The molecule has 0 saturated heterocycles. The number of sulfonamides is 1. The minimum atomic E-state index is -3.61. The van der Waals surface area contributed by atoms with E-state index in [9.17, 15) is 8.42 Å². The Morgan fingerprint density at radius 1 is 1.04 bits per heavy atom. The van der Waals surface area contributed by atoms with Crippen molar-refractivity contribution in [3.8, 4) is 23.3 Å². The fraction of sp³-hybridized carbons (Fsp3) is 0.150. The molecule has 2 aromatic carbocycles. The Balaban J connectivity index is 1.54. The van der Waals surface area contributed by atoms with Gasteiger partial charge in [-0.1, -0.05) is 30.0 Å². The van der Waals surface area contributed by atoms with E-state index in [0.29, 0.717) is 11.5 Å². The van der Waals surface area contributed by atoms with Crippen LogP contribution in [0.1, 0.15) is 0 Å². The predicted molar refractivity (Wildman–Crippen MR) is 103 cm³/mol. The van der Waals surface area contributed by atoms with Crippen molar-refractivity contribution in [1.82, 2.24) is 9.71 Å². The first kappa shape index (κ1) is 18.7. The summed E-state index contributed by atoms with van der Waals surface area (Å²) in [5.74, 6) is 6.77. The maximum Gasteiger partial charge on any atom is 0.241 e. The van der Waals surface area contributed by atoms with Crippen molar-refractivity contribution in [1.29, 1.82) is 0 Å². The number of nitrogens with zero attached hydrogens (tertiary/aromatic N) is 1.